The molecule has 0 radical (unpaired) electrons. The number of hydrogen-bond acceptors (Lipinski definition) is 2. The van der Waals surface area contributed by atoms with Crippen LogP contribution in [0.15, 0.2) is 18.3 Å². The molecule has 100 valence electrons. The van der Waals surface area contributed by atoms with E-state index in [4.69, 9.17) is 0 Å². The highest BCUT2D eigenvalue weighted by atomic mass is 16.1. The predicted octanol–water partition coefficient (Wildman–Crippen LogP) is 3.51. The molecule has 2 fully saturated rings. The summed E-state index contributed by atoms with van der Waals surface area (Å²) in [6.07, 6.45) is 10.2. The molecule has 1 aromatic rings. The molecule has 4 atom stereocenters. The summed E-state index contributed by atoms with van der Waals surface area (Å²) in [5.74, 6) is 3.07. The van der Waals surface area contributed by atoms with Crippen molar-refractivity contribution in [3.05, 3.63) is 29.6 Å². The topological polar surface area (TPSA) is 30.0 Å². The van der Waals surface area contributed by atoms with E-state index >= 15 is 0 Å². The highest BCUT2D eigenvalue weighted by molar-refractivity contribution is 5.86. The first-order valence-corrected chi connectivity index (χ1v) is 7.78. The van der Waals surface area contributed by atoms with Gasteiger partial charge in [0, 0.05) is 12.6 Å². The van der Waals surface area contributed by atoms with Gasteiger partial charge in [0.1, 0.15) is 5.78 Å². The number of nitrogens with zero attached hydrogens (tertiary/aromatic N) is 1. The third-order valence-electron chi connectivity index (χ3n) is 5.70. The zero-order valence-corrected chi connectivity index (χ0v) is 11.3. The van der Waals surface area contributed by atoms with Crippen molar-refractivity contribution < 1.29 is 4.79 Å². The van der Waals surface area contributed by atoms with E-state index < -0.39 is 0 Å². The minimum atomic E-state index is 0.107. The summed E-state index contributed by atoms with van der Waals surface area (Å²) in [7, 11) is 0. The van der Waals surface area contributed by atoms with Gasteiger partial charge in [0.2, 0.25) is 0 Å². The molecule has 19 heavy (non-hydrogen) atoms. The molecule has 0 spiro atoms. The van der Waals surface area contributed by atoms with Gasteiger partial charge in [-0.1, -0.05) is 12.5 Å². The summed E-state index contributed by atoms with van der Waals surface area (Å²) in [4.78, 5) is 17.1. The maximum absolute atomic E-state index is 12.6. The number of pyridine rings is 1. The Bertz CT molecular complexity index is 510. The molecule has 2 bridgehead atoms. The molecule has 1 heterocycles. The summed E-state index contributed by atoms with van der Waals surface area (Å²) in [6.45, 7) is 0. The smallest absolute Gasteiger partial charge is 0.142 e. The van der Waals surface area contributed by atoms with Crippen molar-refractivity contribution in [2.45, 2.75) is 50.9 Å². The van der Waals surface area contributed by atoms with Crippen LogP contribution in [-0.2, 0) is 11.2 Å². The number of ketones is 1. The first-order chi connectivity index (χ1) is 9.31. The Labute approximate surface area is 114 Å². The molecule has 0 aliphatic heterocycles. The van der Waals surface area contributed by atoms with Crippen LogP contribution in [0.4, 0.5) is 0 Å². The van der Waals surface area contributed by atoms with Gasteiger partial charge < -0.3 is 0 Å². The molecular weight excluding hydrogens is 234 g/mol. The van der Waals surface area contributed by atoms with Gasteiger partial charge in [-0.05, 0) is 61.5 Å². The summed E-state index contributed by atoms with van der Waals surface area (Å²) in [5.41, 5.74) is 2.38. The minimum Gasteiger partial charge on any atom is -0.299 e. The Morgan fingerprint density at radius 3 is 3.00 bits per heavy atom. The molecule has 4 rings (SSSR count). The number of rotatable bonds is 3. The Hall–Kier alpha value is -1.18. The molecule has 0 amide bonds. The number of carbonyl (C=O) groups excluding carboxylic acids is 1. The summed E-state index contributed by atoms with van der Waals surface area (Å²) >= 11 is 0. The molecule has 0 saturated heterocycles. The van der Waals surface area contributed by atoms with Crippen molar-refractivity contribution in [1.29, 1.82) is 0 Å². The number of hydrogen-bond donors (Lipinski definition) is 0. The van der Waals surface area contributed by atoms with Crippen molar-refractivity contribution in [3.8, 4) is 0 Å². The number of fused-ring (bicyclic) bond motifs is 3. The van der Waals surface area contributed by atoms with Crippen LogP contribution in [-0.4, -0.2) is 10.8 Å². The van der Waals surface area contributed by atoms with Crippen molar-refractivity contribution in [2.24, 2.45) is 17.8 Å². The van der Waals surface area contributed by atoms with Gasteiger partial charge in [0.15, 0.2) is 0 Å². The van der Waals surface area contributed by atoms with Crippen LogP contribution in [0.1, 0.15) is 55.7 Å². The fourth-order valence-corrected chi connectivity index (χ4v) is 4.75. The first kappa shape index (κ1) is 11.6. The SMILES string of the molecule is O=C(CC1CC2CCC1C2)C1CCc2cccnc21. The molecular formula is C17H21NO. The fraction of sp³-hybridized carbons (Fsp3) is 0.647. The lowest BCUT2D eigenvalue weighted by Gasteiger charge is -2.22. The van der Waals surface area contributed by atoms with Crippen LogP contribution >= 0.6 is 0 Å². The molecule has 2 nitrogen and oxygen atoms in total. The lowest BCUT2D eigenvalue weighted by molar-refractivity contribution is -0.121. The van der Waals surface area contributed by atoms with Crippen LogP contribution in [0.5, 0.6) is 0 Å². The van der Waals surface area contributed by atoms with E-state index in [0.29, 0.717) is 11.7 Å². The molecule has 4 unspecified atom stereocenters. The van der Waals surface area contributed by atoms with E-state index in [9.17, 15) is 4.79 Å². The summed E-state index contributed by atoms with van der Waals surface area (Å²) in [6, 6.07) is 4.12. The monoisotopic (exact) mass is 255 g/mol. The highest BCUT2D eigenvalue weighted by Crippen LogP contribution is 2.50. The summed E-state index contributed by atoms with van der Waals surface area (Å²) < 4.78 is 0. The Morgan fingerprint density at radius 2 is 2.21 bits per heavy atom. The van der Waals surface area contributed by atoms with Gasteiger partial charge in [0.05, 0.1) is 11.6 Å². The van der Waals surface area contributed by atoms with Crippen LogP contribution in [0, 0.1) is 17.8 Å². The number of aromatic nitrogens is 1. The highest BCUT2D eigenvalue weighted by Gasteiger charge is 2.41. The number of aryl methyl sites for hydroxylation is 1. The van der Waals surface area contributed by atoms with Crippen LogP contribution in [0.3, 0.4) is 0 Å². The predicted molar refractivity (Wildman–Crippen MR) is 73.9 cm³/mol. The van der Waals surface area contributed by atoms with Gasteiger partial charge >= 0.3 is 0 Å². The quantitative estimate of drug-likeness (QED) is 0.827. The molecule has 2 saturated carbocycles. The van der Waals surface area contributed by atoms with Crippen molar-refractivity contribution in [3.63, 3.8) is 0 Å². The maximum atomic E-state index is 12.6. The van der Waals surface area contributed by atoms with Crippen LogP contribution in [0.25, 0.3) is 0 Å². The average Bonchev–Trinajstić information content (AvgIpc) is 3.13. The third kappa shape index (κ3) is 1.92. The van der Waals surface area contributed by atoms with E-state index in [1.165, 1.54) is 31.2 Å². The van der Waals surface area contributed by atoms with E-state index in [0.717, 1.165) is 36.8 Å². The zero-order valence-electron chi connectivity index (χ0n) is 11.3. The zero-order chi connectivity index (χ0) is 12.8. The van der Waals surface area contributed by atoms with E-state index in [-0.39, 0.29) is 5.92 Å². The normalized spacial score (nSPS) is 35.6. The van der Waals surface area contributed by atoms with Crippen LogP contribution < -0.4 is 0 Å². The Kier molecular flexibility index (Phi) is 2.71. The van der Waals surface area contributed by atoms with Gasteiger partial charge in [-0.2, -0.15) is 0 Å². The van der Waals surface area contributed by atoms with Gasteiger partial charge in [-0.15, -0.1) is 0 Å². The molecule has 3 aliphatic rings. The number of carbonyl (C=O) groups is 1. The molecule has 0 N–H and O–H groups in total. The standard InChI is InChI=1S/C17H21NO/c19-16(10-14-9-11-3-4-13(14)8-11)15-6-5-12-2-1-7-18-17(12)15/h1-2,7,11,13-15H,3-6,8-10H2. The number of Topliss-reactive ketones (excluding diaryl/α,β-unsaturated/α-hetero) is 1. The molecule has 3 aliphatic carbocycles. The van der Waals surface area contributed by atoms with E-state index in [1.807, 2.05) is 12.3 Å². The molecule has 0 aromatic carbocycles. The van der Waals surface area contributed by atoms with Crippen molar-refractivity contribution in [2.75, 3.05) is 0 Å². The largest absolute Gasteiger partial charge is 0.299 e. The van der Waals surface area contributed by atoms with Crippen LogP contribution in [0.2, 0.25) is 0 Å². The molecule has 2 heteroatoms. The van der Waals surface area contributed by atoms with Gasteiger partial charge in [0.25, 0.3) is 0 Å². The summed E-state index contributed by atoms with van der Waals surface area (Å²) in [5, 5.41) is 0. The lowest BCUT2D eigenvalue weighted by atomic mass is 9.82. The lowest BCUT2D eigenvalue weighted by Crippen LogP contribution is -2.19. The first-order valence-electron chi connectivity index (χ1n) is 7.78. The minimum absolute atomic E-state index is 0.107. The Balaban J connectivity index is 1.47. The van der Waals surface area contributed by atoms with Crippen molar-refractivity contribution >= 4 is 5.78 Å². The van der Waals surface area contributed by atoms with Gasteiger partial charge in [-0.25, -0.2) is 0 Å². The fourth-order valence-electron chi connectivity index (χ4n) is 4.75. The maximum Gasteiger partial charge on any atom is 0.142 e. The van der Waals surface area contributed by atoms with Crippen molar-refractivity contribution in [1.82, 2.24) is 4.98 Å². The second-order valence-corrected chi connectivity index (χ2v) is 6.74. The van der Waals surface area contributed by atoms with E-state index in [2.05, 4.69) is 11.1 Å². The second-order valence-electron chi connectivity index (χ2n) is 6.74. The average molecular weight is 255 g/mol. The molecule has 1 aromatic heterocycles. The van der Waals surface area contributed by atoms with E-state index in [1.54, 1.807) is 0 Å². The second kappa shape index (κ2) is 4.43. The van der Waals surface area contributed by atoms with Gasteiger partial charge in [-0.3, -0.25) is 9.78 Å². The Morgan fingerprint density at radius 1 is 1.26 bits per heavy atom. The third-order valence-corrected chi connectivity index (χ3v) is 5.70.